The molecule has 1 saturated carbocycles. The van der Waals surface area contributed by atoms with Crippen molar-refractivity contribution in [1.29, 1.82) is 0 Å². The van der Waals surface area contributed by atoms with Crippen LogP contribution in [-0.4, -0.2) is 0 Å². The summed E-state index contributed by atoms with van der Waals surface area (Å²) in [7, 11) is 0. The minimum Gasteiger partial charge on any atom is -0.0816 e. The van der Waals surface area contributed by atoms with Gasteiger partial charge in [-0.3, -0.25) is 0 Å². The van der Waals surface area contributed by atoms with E-state index in [1.807, 2.05) is 0 Å². The second-order valence-electron chi connectivity index (χ2n) is 6.00. The summed E-state index contributed by atoms with van der Waals surface area (Å²) >= 11 is 0. The molecule has 80 valence electrons. The van der Waals surface area contributed by atoms with E-state index in [1.54, 1.807) is 5.57 Å². The second-order valence-corrected chi connectivity index (χ2v) is 6.00. The molecule has 0 nitrogen and oxygen atoms in total. The third kappa shape index (κ3) is 1.76. The average molecular weight is 192 g/mol. The predicted molar refractivity (Wildman–Crippen MR) is 62.1 cm³/mol. The standard InChI is InChI=1S/C14H24/c1-9(2)11-5-13-7-12(10(3)4)8-14(13)6-11/h5,9-10,12-14H,6-8H2,1-4H3. The van der Waals surface area contributed by atoms with Crippen LogP contribution >= 0.6 is 0 Å². The fourth-order valence-electron chi connectivity index (χ4n) is 3.26. The first-order valence-electron chi connectivity index (χ1n) is 6.28. The van der Waals surface area contributed by atoms with Gasteiger partial charge in [-0.15, -0.1) is 0 Å². The van der Waals surface area contributed by atoms with Gasteiger partial charge in [0.1, 0.15) is 0 Å². The summed E-state index contributed by atoms with van der Waals surface area (Å²) in [5.74, 6) is 4.66. The van der Waals surface area contributed by atoms with Gasteiger partial charge in [-0.05, 0) is 48.9 Å². The summed E-state index contributed by atoms with van der Waals surface area (Å²) in [6.45, 7) is 9.46. The number of rotatable bonds is 2. The maximum atomic E-state index is 2.61. The smallest absolute Gasteiger partial charge is 0.0196 e. The Hall–Kier alpha value is -0.260. The molecule has 0 spiro atoms. The minimum atomic E-state index is 0.790. The van der Waals surface area contributed by atoms with Crippen LogP contribution in [0, 0.1) is 29.6 Å². The molecule has 2 rings (SSSR count). The topological polar surface area (TPSA) is 0 Å². The molecule has 0 heterocycles. The summed E-state index contributed by atoms with van der Waals surface area (Å²) in [4.78, 5) is 0. The average Bonchev–Trinajstić information content (AvgIpc) is 2.57. The van der Waals surface area contributed by atoms with Crippen molar-refractivity contribution >= 4 is 0 Å². The molecule has 14 heavy (non-hydrogen) atoms. The normalized spacial score (nSPS) is 36.7. The Kier molecular flexibility index (Phi) is 2.72. The van der Waals surface area contributed by atoms with Crippen LogP contribution in [0.3, 0.4) is 0 Å². The lowest BCUT2D eigenvalue weighted by Gasteiger charge is -2.15. The summed E-state index contributed by atoms with van der Waals surface area (Å²) < 4.78 is 0. The van der Waals surface area contributed by atoms with Gasteiger partial charge in [-0.1, -0.05) is 39.3 Å². The van der Waals surface area contributed by atoms with Crippen LogP contribution in [0.15, 0.2) is 11.6 Å². The molecule has 0 radical (unpaired) electrons. The van der Waals surface area contributed by atoms with E-state index in [1.165, 1.54) is 19.3 Å². The SMILES string of the molecule is CC(C)C1=CC2CC(C(C)C)CC2C1. The van der Waals surface area contributed by atoms with E-state index in [-0.39, 0.29) is 0 Å². The Bertz CT molecular complexity index is 234. The molecule has 0 saturated heterocycles. The molecular formula is C14H24. The highest BCUT2D eigenvalue weighted by molar-refractivity contribution is 5.18. The molecule has 0 heteroatoms. The third-order valence-corrected chi connectivity index (χ3v) is 4.40. The molecule has 0 aromatic rings. The Morgan fingerprint density at radius 2 is 1.86 bits per heavy atom. The maximum Gasteiger partial charge on any atom is -0.0196 e. The monoisotopic (exact) mass is 192 g/mol. The van der Waals surface area contributed by atoms with Gasteiger partial charge < -0.3 is 0 Å². The highest BCUT2D eigenvalue weighted by Crippen LogP contribution is 2.49. The van der Waals surface area contributed by atoms with Crippen molar-refractivity contribution in [2.24, 2.45) is 29.6 Å². The van der Waals surface area contributed by atoms with Gasteiger partial charge >= 0.3 is 0 Å². The van der Waals surface area contributed by atoms with Crippen LogP contribution in [0.1, 0.15) is 47.0 Å². The van der Waals surface area contributed by atoms with E-state index in [9.17, 15) is 0 Å². The van der Waals surface area contributed by atoms with Gasteiger partial charge in [0.25, 0.3) is 0 Å². The summed E-state index contributed by atoms with van der Waals surface area (Å²) in [5, 5.41) is 0. The Morgan fingerprint density at radius 3 is 2.36 bits per heavy atom. The molecule has 0 aliphatic heterocycles. The van der Waals surface area contributed by atoms with Crippen molar-refractivity contribution in [2.45, 2.75) is 47.0 Å². The van der Waals surface area contributed by atoms with Crippen molar-refractivity contribution in [3.63, 3.8) is 0 Å². The molecule has 0 N–H and O–H groups in total. The third-order valence-electron chi connectivity index (χ3n) is 4.40. The van der Waals surface area contributed by atoms with E-state index >= 15 is 0 Å². The van der Waals surface area contributed by atoms with Crippen LogP contribution in [0.25, 0.3) is 0 Å². The fraction of sp³-hybridized carbons (Fsp3) is 0.857. The Balaban J connectivity index is 1.99. The van der Waals surface area contributed by atoms with Crippen LogP contribution in [0.5, 0.6) is 0 Å². The maximum absolute atomic E-state index is 2.61. The lowest BCUT2D eigenvalue weighted by Crippen LogP contribution is -2.05. The highest BCUT2D eigenvalue weighted by atomic mass is 14.4. The minimum absolute atomic E-state index is 0.790. The number of fused-ring (bicyclic) bond motifs is 1. The quantitative estimate of drug-likeness (QED) is 0.573. The summed E-state index contributed by atoms with van der Waals surface area (Å²) in [6, 6.07) is 0. The molecule has 0 amide bonds. The predicted octanol–water partition coefficient (Wildman–Crippen LogP) is 4.27. The zero-order valence-electron chi connectivity index (χ0n) is 10.1. The molecule has 2 aliphatic carbocycles. The zero-order chi connectivity index (χ0) is 10.3. The first-order valence-corrected chi connectivity index (χ1v) is 6.28. The van der Waals surface area contributed by atoms with Gasteiger partial charge in [-0.2, -0.15) is 0 Å². The molecular weight excluding hydrogens is 168 g/mol. The van der Waals surface area contributed by atoms with Crippen molar-refractivity contribution in [1.82, 2.24) is 0 Å². The van der Waals surface area contributed by atoms with E-state index in [0.717, 1.165) is 29.6 Å². The Labute approximate surface area is 88.8 Å². The zero-order valence-corrected chi connectivity index (χ0v) is 10.1. The van der Waals surface area contributed by atoms with Gasteiger partial charge in [0.2, 0.25) is 0 Å². The first kappa shape index (κ1) is 10.3. The molecule has 0 aromatic carbocycles. The largest absolute Gasteiger partial charge is 0.0816 e. The highest BCUT2D eigenvalue weighted by Gasteiger charge is 2.38. The number of allylic oxidation sites excluding steroid dienone is 2. The van der Waals surface area contributed by atoms with Gasteiger partial charge in [0.05, 0.1) is 0 Å². The van der Waals surface area contributed by atoms with Gasteiger partial charge in [0.15, 0.2) is 0 Å². The van der Waals surface area contributed by atoms with Crippen molar-refractivity contribution in [3.05, 3.63) is 11.6 Å². The molecule has 1 fully saturated rings. The molecule has 0 bridgehead atoms. The van der Waals surface area contributed by atoms with Gasteiger partial charge in [-0.25, -0.2) is 0 Å². The van der Waals surface area contributed by atoms with E-state index in [2.05, 4.69) is 33.8 Å². The second kappa shape index (κ2) is 3.72. The lowest BCUT2D eigenvalue weighted by atomic mass is 9.90. The van der Waals surface area contributed by atoms with Crippen molar-refractivity contribution in [3.8, 4) is 0 Å². The molecule has 2 aliphatic rings. The molecule has 3 atom stereocenters. The van der Waals surface area contributed by atoms with Crippen molar-refractivity contribution in [2.75, 3.05) is 0 Å². The summed E-state index contributed by atoms with van der Waals surface area (Å²) in [5.41, 5.74) is 1.74. The van der Waals surface area contributed by atoms with Crippen LogP contribution in [-0.2, 0) is 0 Å². The first-order chi connectivity index (χ1) is 6.58. The van der Waals surface area contributed by atoms with Gasteiger partial charge in [0, 0.05) is 0 Å². The Morgan fingerprint density at radius 1 is 1.14 bits per heavy atom. The molecule has 0 aromatic heterocycles. The molecule has 3 unspecified atom stereocenters. The fourth-order valence-corrected chi connectivity index (χ4v) is 3.26. The number of hydrogen-bond acceptors (Lipinski definition) is 0. The van der Waals surface area contributed by atoms with Crippen LogP contribution < -0.4 is 0 Å². The lowest BCUT2D eigenvalue weighted by molar-refractivity contribution is 0.375. The van der Waals surface area contributed by atoms with Crippen molar-refractivity contribution < 1.29 is 0 Å². The van der Waals surface area contributed by atoms with Crippen LogP contribution in [0.2, 0.25) is 0 Å². The van der Waals surface area contributed by atoms with E-state index < -0.39 is 0 Å². The number of hydrogen-bond donors (Lipinski definition) is 0. The van der Waals surface area contributed by atoms with Crippen LogP contribution in [0.4, 0.5) is 0 Å². The van der Waals surface area contributed by atoms with E-state index in [4.69, 9.17) is 0 Å². The summed E-state index contributed by atoms with van der Waals surface area (Å²) in [6.07, 6.45) is 6.98. The van der Waals surface area contributed by atoms with E-state index in [0.29, 0.717) is 0 Å².